The summed E-state index contributed by atoms with van der Waals surface area (Å²) < 4.78 is 15.3. The van der Waals surface area contributed by atoms with Crippen LogP contribution in [-0.4, -0.2) is 76.3 Å². The number of fused-ring (bicyclic) bond motifs is 1. The Labute approximate surface area is 175 Å². The normalized spacial score (nSPS) is 17.1. The quantitative estimate of drug-likeness (QED) is 0.440. The van der Waals surface area contributed by atoms with Crippen molar-refractivity contribution in [3.8, 4) is 11.5 Å². The van der Waals surface area contributed by atoms with Crippen LogP contribution in [0.2, 0.25) is 0 Å². The fraction of sp³-hybridized carbons (Fsp3) is 0.316. The summed E-state index contributed by atoms with van der Waals surface area (Å²) in [5, 5.41) is 16.6. The lowest BCUT2D eigenvalue weighted by atomic mass is 10.1. The number of nitrogens with one attached hydrogen (secondary N) is 2. The number of carbonyl (C=O) groups is 1. The molecule has 4 aromatic rings. The second kappa shape index (κ2) is 8.14. The monoisotopic (exact) mass is 422 g/mol. The predicted octanol–water partition coefficient (Wildman–Crippen LogP) is 1.20. The van der Waals surface area contributed by atoms with Crippen molar-refractivity contribution < 1.29 is 9.18 Å². The van der Waals surface area contributed by atoms with Crippen LogP contribution in [0.5, 0.6) is 0 Å². The minimum atomic E-state index is -0.362. The number of aromatic nitrogens is 8. The minimum absolute atomic E-state index is 0.0972. The molecule has 0 radical (unpaired) electrons. The molecule has 0 unspecified atom stereocenters. The SMILES string of the molecule is O=C(CN1CCC[C@@H](Nc2ccnc(-c3cnc4ccc(F)cn34)n2)C1)c1nn[nH]n1. The van der Waals surface area contributed by atoms with Crippen molar-refractivity contribution in [2.24, 2.45) is 0 Å². The average molecular weight is 422 g/mol. The van der Waals surface area contributed by atoms with Crippen molar-refractivity contribution in [2.75, 3.05) is 25.0 Å². The summed E-state index contributed by atoms with van der Waals surface area (Å²) in [7, 11) is 0. The van der Waals surface area contributed by atoms with Gasteiger partial charge in [0.05, 0.1) is 12.7 Å². The van der Waals surface area contributed by atoms with Crippen molar-refractivity contribution in [3.05, 3.63) is 48.4 Å². The molecule has 1 aliphatic heterocycles. The first-order valence-corrected chi connectivity index (χ1v) is 9.87. The Balaban J connectivity index is 1.29. The number of tetrazole rings is 1. The average Bonchev–Trinajstić information content (AvgIpc) is 3.44. The van der Waals surface area contributed by atoms with Crippen LogP contribution in [0.25, 0.3) is 17.2 Å². The van der Waals surface area contributed by atoms with E-state index in [0.717, 1.165) is 19.4 Å². The summed E-state index contributed by atoms with van der Waals surface area (Å²) in [4.78, 5) is 27.5. The highest BCUT2D eigenvalue weighted by Gasteiger charge is 2.24. The molecule has 0 spiro atoms. The van der Waals surface area contributed by atoms with Crippen LogP contribution in [0.15, 0.2) is 36.8 Å². The number of halogens is 1. The number of pyridine rings is 1. The third kappa shape index (κ3) is 4.10. The molecule has 5 heterocycles. The van der Waals surface area contributed by atoms with Crippen LogP contribution in [-0.2, 0) is 0 Å². The molecule has 2 N–H and O–H groups in total. The van der Waals surface area contributed by atoms with E-state index in [1.165, 1.54) is 12.3 Å². The minimum Gasteiger partial charge on any atom is -0.366 e. The zero-order chi connectivity index (χ0) is 21.2. The van der Waals surface area contributed by atoms with Gasteiger partial charge in [0.2, 0.25) is 11.6 Å². The Hall–Kier alpha value is -3.80. The third-order valence-electron chi connectivity index (χ3n) is 5.17. The van der Waals surface area contributed by atoms with Gasteiger partial charge in [-0.3, -0.25) is 14.1 Å². The van der Waals surface area contributed by atoms with Crippen LogP contribution in [0.4, 0.5) is 10.2 Å². The number of aromatic amines is 1. The summed E-state index contributed by atoms with van der Waals surface area (Å²) in [6, 6.07) is 4.88. The number of ketones is 1. The number of hydrogen-bond donors (Lipinski definition) is 2. The smallest absolute Gasteiger partial charge is 0.241 e. The molecule has 1 saturated heterocycles. The maximum atomic E-state index is 13.7. The molecule has 0 saturated carbocycles. The number of rotatable bonds is 6. The van der Waals surface area contributed by atoms with Gasteiger partial charge in [-0.2, -0.15) is 5.21 Å². The highest BCUT2D eigenvalue weighted by atomic mass is 19.1. The van der Waals surface area contributed by atoms with Crippen molar-refractivity contribution in [1.82, 2.24) is 44.9 Å². The maximum absolute atomic E-state index is 13.7. The molecule has 0 aliphatic carbocycles. The van der Waals surface area contributed by atoms with Crippen molar-refractivity contribution in [3.63, 3.8) is 0 Å². The molecule has 4 aromatic heterocycles. The molecule has 11 nitrogen and oxygen atoms in total. The molecule has 1 aliphatic rings. The van der Waals surface area contributed by atoms with Gasteiger partial charge in [-0.15, -0.1) is 10.2 Å². The van der Waals surface area contributed by atoms with E-state index < -0.39 is 0 Å². The molecular weight excluding hydrogens is 403 g/mol. The number of hydrogen-bond acceptors (Lipinski definition) is 9. The fourth-order valence-electron chi connectivity index (χ4n) is 3.76. The van der Waals surface area contributed by atoms with Gasteiger partial charge in [-0.1, -0.05) is 0 Å². The Bertz CT molecular complexity index is 1210. The number of H-pyrrole nitrogens is 1. The van der Waals surface area contributed by atoms with Crippen LogP contribution in [0, 0.1) is 5.82 Å². The molecule has 0 amide bonds. The van der Waals surface area contributed by atoms with Gasteiger partial charge in [0.25, 0.3) is 0 Å². The molecule has 158 valence electrons. The second-order valence-corrected chi connectivity index (χ2v) is 7.36. The van der Waals surface area contributed by atoms with Gasteiger partial charge in [0.15, 0.2) is 5.82 Å². The van der Waals surface area contributed by atoms with Crippen LogP contribution >= 0.6 is 0 Å². The lowest BCUT2D eigenvalue weighted by molar-refractivity contribution is 0.0901. The number of anilines is 1. The number of carbonyl (C=O) groups excluding carboxylic acids is 1. The van der Waals surface area contributed by atoms with Crippen molar-refractivity contribution >= 4 is 17.2 Å². The van der Waals surface area contributed by atoms with Gasteiger partial charge in [-0.05, 0) is 42.8 Å². The van der Waals surface area contributed by atoms with Crippen molar-refractivity contribution in [2.45, 2.75) is 18.9 Å². The van der Waals surface area contributed by atoms with E-state index >= 15 is 0 Å². The molecule has 5 rings (SSSR count). The van der Waals surface area contributed by atoms with E-state index in [1.54, 1.807) is 28.9 Å². The van der Waals surface area contributed by atoms with Crippen molar-refractivity contribution in [1.29, 1.82) is 0 Å². The zero-order valence-electron chi connectivity index (χ0n) is 16.4. The third-order valence-corrected chi connectivity index (χ3v) is 5.17. The molecule has 12 heteroatoms. The standard InChI is InChI=1S/C19H19FN10O/c20-12-3-4-17-22-8-14(30(17)9-12)18-21-6-5-16(24-18)23-13-2-1-7-29(10-13)11-15(31)19-25-27-28-26-19/h3-6,8-9,13H,1-2,7,10-11H2,(H,21,23,24)(H,25,26,27,28)/t13-/m1/s1. The van der Waals surface area contributed by atoms with Gasteiger partial charge < -0.3 is 5.32 Å². The van der Waals surface area contributed by atoms with E-state index in [1.807, 2.05) is 0 Å². The summed E-state index contributed by atoms with van der Waals surface area (Å²) in [5.74, 6) is 0.674. The van der Waals surface area contributed by atoms with E-state index in [0.29, 0.717) is 29.5 Å². The molecule has 31 heavy (non-hydrogen) atoms. The van der Waals surface area contributed by atoms with E-state index in [4.69, 9.17) is 0 Å². The first-order chi connectivity index (χ1) is 15.2. The molecular formula is C19H19FN10O. The fourth-order valence-corrected chi connectivity index (χ4v) is 3.76. The van der Waals surface area contributed by atoms with Gasteiger partial charge >= 0.3 is 0 Å². The Kier molecular flexibility index (Phi) is 5.04. The molecule has 0 aromatic carbocycles. The van der Waals surface area contributed by atoms with E-state index in [2.05, 4.69) is 45.8 Å². The summed E-state index contributed by atoms with van der Waals surface area (Å²) in [6.07, 6.45) is 6.54. The number of Topliss-reactive ketones (excluding diaryl/α,β-unsaturated/α-hetero) is 1. The molecule has 1 atom stereocenters. The first-order valence-electron chi connectivity index (χ1n) is 9.87. The number of piperidine rings is 1. The van der Waals surface area contributed by atoms with E-state index in [-0.39, 0.29) is 30.0 Å². The second-order valence-electron chi connectivity index (χ2n) is 7.36. The van der Waals surface area contributed by atoms with Gasteiger partial charge in [0, 0.05) is 25.0 Å². The number of nitrogens with zero attached hydrogens (tertiary/aromatic N) is 8. The zero-order valence-corrected chi connectivity index (χ0v) is 16.4. The Morgan fingerprint density at radius 2 is 2.23 bits per heavy atom. The summed E-state index contributed by atoms with van der Waals surface area (Å²) in [5.41, 5.74) is 1.22. The predicted molar refractivity (Wildman–Crippen MR) is 108 cm³/mol. The lowest BCUT2D eigenvalue weighted by Crippen LogP contribution is -2.44. The van der Waals surface area contributed by atoms with Gasteiger partial charge in [0.1, 0.15) is 23.0 Å². The van der Waals surface area contributed by atoms with E-state index in [9.17, 15) is 9.18 Å². The number of imidazole rings is 1. The lowest BCUT2D eigenvalue weighted by Gasteiger charge is -2.32. The van der Waals surface area contributed by atoms with Crippen LogP contribution < -0.4 is 5.32 Å². The first kappa shape index (κ1) is 19.2. The topological polar surface area (TPSA) is 130 Å². The largest absolute Gasteiger partial charge is 0.366 e. The number of likely N-dealkylation sites (tertiary alicyclic amines) is 1. The Morgan fingerprint density at radius 1 is 1.29 bits per heavy atom. The molecule has 1 fully saturated rings. The summed E-state index contributed by atoms with van der Waals surface area (Å²) >= 11 is 0. The van der Waals surface area contributed by atoms with Crippen LogP contribution in [0.1, 0.15) is 23.5 Å². The van der Waals surface area contributed by atoms with Crippen LogP contribution in [0.3, 0.4) is 0 Å². The molecule has 0 bridgehead atoms. The highest BCUT2D eigenvalue weighted by molar-refractivity contribution is 5.93. The highest BCUT2D eigenvalue weighted by Crippen LogP contribution is 2.20. The van der Waals surface area contributed by atoms with Gasteiger partial charge in [-0.25, -0.2) is 19.3 Å². The maximum Gasteiger partial charge on any atom is 0.241 e. The summed E-state index contributed by atoms with van der Waals surface area (Å²) in [6.45, 7) is 1.74. The Morgan fingerprint density at radius 3 is 3.10 bits per heavy atom.